The molecule has 2 N–H and O–H groups in total. The number of nitrogens with zero attached hydrogens (tertiary/aromatic N) is 1. The van der Waals surface area contributed by atoms with E-state index in [1.165, 1.54) is 32.4 Å². The van der Waals surface area contributed by atoms with E-state index in [4.69, 9.17) is 10.2 Å². The zero-order valence-electron chi connectivity index (χ0n) is 9.98. The molecule has 1 saturated heterocycles. The molecule has 3 heteroatoms. The topological polar surface area (TPSA) is 42.4 Å². The molecule has 90 valence electrons. The maximum absolute atomic E-state index is 5.83. The normalized spacial score (nSPS) is 17.6. The Morgan fingerprint density at radius 3 is 2.76 bits per heavy atom. The number of rotatable bonds is 2. The number of piperidine rings is 1. The van der Waals surface area contributed by atoms with E-state index in [1.54, 1.807) is 0 Å². The van der Waals surface area contributed by atoms with E-state index in [-0.39, 0.29) is 0 Å². The molecule has 0 saturated carbocycles. The van der Waals surface area contributed by atoms with Gasteiger partial charge in [0.25, 0.3) is 0 Å². The molecule has 0 aliphatic carbocycles. The number of hydrogen-bond donors (Lipinski definition) is 1. The molecule has 1 aromatic carbocycles. The third kappa shape index (κ3) is 2.29. The molecule has 0 unspecified atom stereocenters. The molecule has 1 aliphatic rings. The van der Waals surface area contributed by atoms with Crippen LogP contribution in [0.5, 0.6) is 0 Å². The highest BCUT2D eigenvalue weighted by Gasteiger charge is 2.12. The van der Waals surface area contributed by atoms with Crippen LogP contribution in [0.4, 0.5) is 5.69 Å². The summed E-state index contributed by atoms with van der Waals surface area (Å²) in [6, 6.07) is 7.97. The van der Waals surface area contributed by atoms with Crippen LogP contribution in [0.15, 0.2) is 28.7 Å². The summed E-state index contributed by atoms with van der Waals surface area (Å²) >= 11 is 0. The second kappa shape index (κ2) is 4.41. The first-order chi connectivity index (χ1) is 8.31. The van der Waals surface area contributed by atoms with Gasteiger partial charge < -0.3 is 10.2 Å². The predicted octanol–water partition coefficient (Wildman–Crippen LogP) is 3.00. The van der Waals surface area contributed by atoms with Gasteiger partial charge in [0, 0.05) is 17.1 Å². The van der Waals surface area contributed by atoms with Crippen LogP contribution in [-0.4, -0.2) is 18.0 Å². The average Bonchev–Trinajstić information content (AvgIpc) is 2.71. The van der Waals surface area contributed by atoms with E-state index in [2.05, 4.69) is 11.0 Å². The summed E-state index contributed by atoms with van der Waals surface area (Å²) in [6.45, 7) is 3.31. The molecule has 0 bridgehead atoms. The summed E-state index contributed by atoms with van der Waals surface area (Å²) in [5.41, 5.74) is 7.41. The van der Waals surface area contributed by atoms with Crippen molar-refractivity contribution in [1.82, 2.24) is 4.90 Å². The smallest absolute Gasteiger partial charge is 0.136 e. The van der Waals surface area contributed by atoms with Crippen molar-refractivity contribution in [3.05, 3.63) is 30.0 Å². The summed E-state index contributed by atoms with van der Waals surface area (Å²) in [7, 11) is 0. The average molecular weight is 230 g/mol. The summed E-state index contributed by atoms with van der Waals surface area (Å²) in [6.07, 6.45) is 3.99. The van der Waals surface area contributed by atoms with Gasteiger partial charge >= 0.3 is 0 Å². The molecule has 1 aromatic heterocycles. The van der Waals surface area contributed by atoms with Crippen molar-refractivity contribution in [2.75, 3.05) is 18.8 Å². The maximum Gasteiger partial charge on any atom is 0.136 e. The molecule has 1 aliphatic heterocycles. The van der Waals surface area contributed by atoms with Gasteiger partial charge in [0.1, 0.15) is 11.3 Å². The number of hydrogen-bond acceptors (Lipinski definition) is 3. The van der Waals surface area contributed by atoms with E-state index in [0.29, 0.717) is 0 Å². The monoisotopic (exact) mass is 230 g/mol. The SMILES string of the molecule is Nc1ccc2cc(CN3CCCCC3)oc2c1. The largest absolute Gasteiger partial charge is 0.460 e. The van der Waals surface area contributed by atoms with Crippen LogP contribution in [0.1, 0.15) is 25.0 Å². The molecule has 1 fully saturated rings. The summed E-state index contributed by atoms with van der Waals surface area (Å²) in [5, 5.41) is 1.14. The zero-order valence-corrected chi connectivity index (χ0v) is 9.98. The third-order valence-corrected chi connectivity index (χ3v) is 3.42. The number of furan rings is 1. The first kappa shape index (κ1) is 10.7. The van der Waals surface area contributed by atoms with Crippen molar-refractivity contribution >= 4 is 16.7 Å². The molecular formula is C14H18N2O. The van der Waals surface area contributed by atoms with Crippen molar-refractivity contribution in [2.24, 2.45) is 0 Å². The molecular weight excluding hydrogens is 212 g/mol. The minimum absolute atomic E-state index is 0.761. The van der Waals surface area contributed by atoms with Crippen molar-refractivity contribution in [2.45, 2.75) is 25.8 Å². The van der Waals surface area contributed by atoms with Crippen LogP contribution < -0.4 is 5.73 Å². The maximum atomic E-state index is 5.83. The molecule has 0 radical (unpaired) electrons. The second-order valence-corrected chi connectivity index (χ2v) is 4.85. The van der Waals surface area contributed by atoms with E-state index in [0.717, 1.165) is 29.0 Å². The molecule has 17 heavy (non-hydrogen) atoms. The Morgan fingerprint density at radius 1 is 1.12 bits per heavy atom. The highest BCUT2D eigenvalue weighted by atomic mass is 16.3. The Balaban J connectivity index is 1.80. The zero-order chi connectivity index (χ0) is 11.7. The lowest BCUT2D eigenvalue weighted by Gasteiger charge is -2.25. The summed E-state index contributed by atoms with van der Waals surface area (Å²) < 4.78 is 5.83. The molecule has 3 rings (SSSR count). The lowest BCUT2D eigenvalue weighted by atomic mass is 10.1. The minimum atomic E-state index is 0.761. The minimum Gasteiger partial charge on any atom is -0.460 e. The quantitative estimate of drug-likeness (QED) is 0.806. The number of fused-ring (bicyclic) bond motifs is 1. The highest BCUT2D eigenvalue weighted by molar-refractivity contribution is 5.81. The van der Waals surface area contributed by atoms with E-state index in [1.807, 2.05) is 18.2 Å². The Kier molecular flexibility index (Phi) is 2.77. The Morgan fingerprint density at radius 2 is 1.94 bits per heavy atom. The van der Waals surface area contributed by atoms with Crippen LogP contribution in [0.25, 0.3) is 11.0 Å². The van der Waals surface area contributed by atoms with Crippen LogP contribution in [0, 0.1) is 0 Å². The molecule has 3 nitrogen and oxygen atoms in total. The van der Waals surface area contributed by atoms with Crippen molar-refractivity contribution in [3.8, 4) is 0 Å². The molecule has 0 spiro atoms. The van der Waals surface area contributed by atoms with Gasteiger partial charge in [0.15, 0.2) is 0 Å². The first-order valence-corrected chi connectivity index (χ1v) is 6.31. The standard InChI is InChI=1S/C14H18N2O/c15-12-5-4-11-8-13(17-14(11)9-12)10-16-6-2-1-3-7-16/h4-5,8-9H,1-3,6-7,10,15H2. The Hall–Kier alpha value is -1.48. The summed E-state index contributed by atoms with van der Waals surface area (Å²) in [5.74, 6) is 1.05. The Bertz CT molecular complexity index is 512. The lowest BCUT2D eigenvalue weighted by molar-refractivity contribution is 0.207. The van der Waals surface area contributed by atoms with Gasteiger partial charge in [-0.1, -0.05) is 6.42 Å². The fourth-order valence-corrected chi connectivity index (χ4v) is 2.52. The fraction of sp³-hybridized carbons (Fsp3) is 0.429. The number of benzene rings is 1. The number of anilines is 1. The van der Waals surface area contributed by atoms with Crippen LogP contribution in [0.2, 0.25) is 0 Å². The van der Waals surface area contributed by atoms with Gasteiger partial charge in [-0.15, -0.1) is 0 Å². The number of likely N-dealkylation sites (tertiary alicyclic amines) is 1. The van der Waals surface area contributed by atoms with Gasteiger partial charge in [0.2, 0.25) is 0 Å². The van der Waals surface area contributed by atoms with Gasteiger partial charge in [-0.2, -0.15) is 0 Å². The summed E-state index contributed by atoms with van der Waals surface area (Å²) in [4.78, 5) is 2.46. The third-order valence-electron chi connectivity index (χ3n) is 3.42. The van der Waals surface area contributed by atoms with Gasteiger partial charge in [0.05, 0.1) is 6.54 Å². The van der Waals surface area contributed by atoms with Crippen LogP contribution in [-0.2, 0) is 6.54 Å². The highest BCUT2D eigenvalue weighted by Crippen LogP contribution is 2.23. The fourth-order valence-electron chi connectivity index (χ4n) is 2.52. The first-order valence-electron chi connectivity index (χ1n) is 6.31. The van der Waals surface area contributed by atoms with E-state index >= 15 is 0 Å². The van der Waals surface area contributed by atoms with Gasteiger partial charge in [-0.25, -0.2) is 0 Å². The van der Waals surface area contributed by atoms with Crippen molar-refractivity contribution < 1.29 is 4.42 Å². The van der Waals surface area contributed by atoms with E-state index < -0.39 is 0 Å². The van der Waals surface area contributed by atoms with E-state index in [9.17, 15) is 0 Å². The van der Waals surface area contributed by atoms with Crippen LogP contribution >= 0.6 is 0 Å². The van der Waals surface area contributed by atoms with Crippen molar-refractivity contribution in [1.29, 1.82) is 0 Å². The lowest BCUT2D eigenvalue weighted by Crippen LogP contribution is -2.28. The predicted molar refractivity (Wildman–Crippen MR) is 69.8 cm³/mol. The number of nitrogens with two attached hydrogens (primary N) is 1. The molecule has 2 heterocycles. The van der Waals surface area contributed by atoms with Crippen molar-refractivity contribution in [3.63, 3.8) is 0 Å². The molecule has 2 aromatic rings. The molecule has 0 atom stereocenters. The number of nitrogen functional groups attached to an aromatic ring is 1. The van der Waals surface area contributed by atoms with Gasteiger partial charge in [-0.05, 0) is 44.1 Å². The van der Waals surface area contributed by atoms with Crippen LogP contribution in [0.3, 0.4) is 0 Å². The Labute approximate surface area is 101 Å². The molecule has 0 amide bonds. The second-order valence-electron chi connectivity index (χ2n) is 4.85. The van der Waals surface area contributed by atoms with Gasteiger partial charge in [-0.3, -0.25) is 4.90 Å².